The number of aromatic nitrogens is 3. The fourth-order valence-electron chi connectivity index (χ4n) is 5.03. The summed E-state index contributed by atoms with van der Waals surface area (Å²) in [6.45, 7) is 3.44. The molecule has 43 heavy (non-hydrogen) atoms. The Morgan fingerprint density at radius 2 is 1.47 bits per heavy atom. The molecule has 1 spiro atoms. The summed E-state index contributed by atoms with van der Waals surface area (Å²) in [6.07, 6.45) is -5.60. The van der Waals surface area contributed by atoms with Gasteiger partial charge in [0, 0.05) is 62.4 Å². The van der Waals surface area contributed by atoms with E-state index in [4.69, 9.17) is 24.8 Å². The molecule has 236 valence electrons. The van der Waals surface area contributed by atoms with Crippen molar-refractivity contribution < 1.29 is 55.3 Å². The summed E-state index contributed by atoms with van der Waals surface area (Å²) in [6, 6.07) is 2.73. The minimum absolute atomic E-state index is 0.110. The Labute approximate surface area is 238 Å². The maximum Gasteiger partial charge on any atom is 0.490 e. The maximum absolute atomic E-state index is 13.4. The summed E-state index contributed by atoms with van der Waals surface area (Å²) in [5.41, 5.74) is 2.09. The molecule has 0 saturated carbocycles. The van der Waals surface area contributed by atoms with Crippen molar-refractivity contribution in [3.8, 4) is 0 Å². The first-order valence-corrected chi connectivity index (χ1v) is 12.7. The third-order valence-electron chi connectivity index (χ3n) is 7.26. The number of fused-ring (bicyclic) bond motifs is 3. The number of amides is 1. The molecular weight excluding hydrogens is 599 g/mol. The van der Waals surface area contributed by atoms with Crippen molar-refractivity contribution in [1.29, 1.82) is 0 Å². The number of pyridine rings is 1. The van der Waals surface area contributed by atoms with Crippen LogP contribution in [0.25, 0.3) is 0 Å². The lowest BCUT2D eigenvalue weighted by atomic mass is 9.76. The molecule has 1 saturated heterocycles. The predicted molar refractivity (Wildman–Crippen MR) is 132 cm³/mol. The lowest BCUT2D eigenvalue weighted by Gasteiger charge is -2.39. The van der Waals surface area contributed by atoms with E-state index >= 15 is 0 Å². The van der Waals surface area contributed by atoms with Gasteiger partial charge in [-0.25, -0.2) is 19.6 Å². The largest absolute Gasteiger partial charge is 0.490 e. The van der Waals surface area contributed by atoms with Gasteiger partial charge in [0.15, 0.2) is 0 Å². The van der Waals surface area contributed by atoms with E-state index < -0.39 is 30.2 Å². The van der Waals surface area contributed by atoms with Crippen molar-refractivity contribution in [2.24, 2.45) is 0 Å². The molecule has 1 fully saturated rings. The van der Waals surface area contributed by atoms with Crippen LogP contribution in [0.3, 0.4) is 0 Å². The number of carbonyl (C=O) groups is 3. The highest BCUT2D eigenvalue weighted by molar-refractivity contribution is 5.94. The third kappa shape index (κ3) is 7.85. The molecule has 18 heteroatoms. The van der Waals surface area contributed by atoms with Crippen molar-refractivity contribution in [3.05, 3.63) is 57.3 Å². The number of carboxylic acids is 2. The highest BCUT2D eigenvalue weighted by Crippen LogP contribution is 2.42. The quantitative estimate of drug-likeness (QED) is 0.361. The Morgan fingerprint density at radius 1 is 0.930 bits per heavy atom. The molecular formula is C25H26F7N5O6. The summed E-state index contributed by atoms with van der Waals surface area (Å²) in [5.74, 6) is -5.42. The first-order valence-electron chi connectivity index (χ1n) is 12.7. The molecule has 0 atom stereocenters. The van der Waals surface area contributed by atoms with E-state index in [1.54, 1.807) is 11.0 Å². The van der Waals surface area contributed by atoms with Gasteiger partial charge in [0.05, 0.1) is 11.3 Å². The number of aliphatic carboxylic acids is 2. The zero-order valence-corrected chi connectivity index (χ0v) is 22.5. The van der Waals surface area contributed by atoms with Gasteiger partial charge in [0.2, 0.25) is 5.95 Å². The monoisotopic (exact) mass is 625 g/mol. The number of hydrogen-bond acceptors (Lipinski definition) is 7. The molecule has 2 aromatic rings. The van der Waals surface area contributed by atoms with Crippen LogP contribution in [0.5, 0.6) is 0 Å². The molecule has 5 heterocycles. The highest BCUT2D eigenvalue weighted by atomic mass is 19.4. The smallest absolute Gasteiger partial charge is 0.475 e. The minimum atomic E-state index is -5.08. The van der Waals surface area contributed by atoms with Crippen LogP contribution in [-0.2, 0) is 34.5 Å². The summed E-state index contributed by atoms with van der Waals surface area (Å²) in [4.78, 5) is 56.0. The topological polar surface area (TPSA) is 146 Å². The maximum atomic E-state index is 13.4. The summed E-state index contributed by atoms with van der Waals surface area (Å²) >= 11 is 0. The number of likely N-dealkylation sites (N-methyl/N-ethyl adjacent to an activating group) is 1. The average molecular weight is 625 g/mol. The van der Waals surface area contributed by atoms with E-state index in [0.717, 1.165) is 49.3 Å². The Bertz CT molecular complexity index is 1410. The second kappa shape index (κ2) is 12.6. The minimum Gasteiger partial charge on any atom is -0.475 e. The number of carboxylic acid groups (broad SMARTS) is 2. The number of likely N-dealkylation sites (tertiary alicyclic amines) is 1. The van der Waals surface area contributed by atoms with Gasteiger partial charge in [-0.15, -0.1) is 0 Å². The van der Waals surface area contributed by atoms with Crippen molar-refractivity contribution in [2.75, 3.05) is 26.7 Å². The van der Waals surface area contributed by atoms with Gasteiger partial charge in [0.25, 0.3) is 11.5 Å². The summed E-state index contributed by atoms with van der Waals surface area (Å²) < 4.78 is 78.7. The van der Waals surface area contributed by atoms with E-state index in [9.17, 15) is 40.3 Å². The van der Waals surface area contributed by atoms with Crippen LogP contribution in [0.15, 0.2) is 23.1 Å². The van der Waals surface area contributed by atoms with Crippen LogP contribution in [-0.4, -0.2) is 91.4 Å². The van der Waals surface area contributed by atoms with Crippen LogP contribution < -0.4 is 5.56 Å². The second-order valence-corrected chi connectivity index (χ2v) is 10.1. The first kappa shape index (κ1) is 33.4. The van der Waals surface area contributed by atoms with Gasteiger partial charge in [-0.3, -0.25) is 14.2 Å². The van der Waals surface area contributed by atoms with Gasteiger partial charge in [-0.2, -0.15) is 30.7 Å². The van der Waals surface area contributed by atoms with Crippen LogP contribution in [0.4, 0.5) is 30.7 Å². The Hall–Kier alpha value is -4.09. The number of carbonyl (C=O) groups excluding carboxylic acids is 1. The fraction of sp³-hybridized carbons (Fsp3) is 0.520. The van der Waals surface area contributed by atoms with E-state index in [0.29, 0.717) is 31.7 Å². The predicted octanol–water partition coefficient (Wildman–Crippen LogP) is 2.61. The van der Waals surface area contributed by atoms with Crippen LogP contribution in [0, 0.1) is 5.95 Å². The number of rotatable bonds is 1. The van der Waals surface area contributed by atoms with Gasteiger partial charge >= 0.3 is 24.3 Å². The fourth-order valence-corrected chi connectivity index (χ4v) is 5.03. The van der Waals surface area contributed by atoms with E-state index in [1.165, 1.54) is 12.3 Å². The molecule has 0 radical (unpaired) electrons. The average Bonchev–Trinajstić information content (AvgIpc) is 3.26. The number of halogens is 7. The Balaban J connectivity index is 0.000000303. The molecule has 0 bridgehead atoms. The number of nitrogens with zero attached hydrogens (tertiary/aromatic N) is 5. The number of alkyl halides is 6. The first-order chi connectivity index (χ1) is 19.9. The lowest BCUT2D eigenvalue weighted by molar-refractivity contribution is -0.193. The zero-order valence-electron chi connectivity index (χ0n) is 22.5. The van der Waals surface area contributed by atoms with E-state index in [-0.39, 0.29) is 16.9 Å². The van der Waals surface area contributed by atoms with Crippen molar-refractivity contribution in [1.82, 2.24) is 24.3 Å². The van der Waals surface area contributed by atoms with Gasteiger partial charge in [-0.1, -0.05) is 0 Å². The standard InChI is InChI=1S/C21H24FN5O2.2C2HF3O2/c1-25-8-3-16-15(13-25)19(29)27-11-6-21(20(27)24-16)4-9-26(10-5-21)18(28)14-2-7-23-17(22)12-14;2*3-2(4,5)1(6)7/h2,7,12H,3-6,8-11,13H2,1H3;2*(H,6,7). The Morgan fingerprint density at radius 3 is 1.98 bits per heavy atom. The molecule has 2 aromatic heterocycles. The molecule has 3 aliphatic rings. The normalized spacial score (nSPS) is 17.5. The van der Waals surface area contributed by atoms with E-state index in [1.807, 2.05) is 11.6 Å². The van der Waals surface area contributed by atoms with Crippen LogP contribution >= 0.6 is 0 Å². The number of piperidine rings is 1. The summed E-state index contributed by atoms with van der Waals surface area (Å²) in [5, 5.41) is 14.2. The molecule has 3 aliphatic heterocycles. The molecule has 0 aromatic carbocycles. The Kier molecular flexibility index (Phi) is 9.83. The SMILES string of the molecule is CN1CCc2nc3n(c(=O)c2C1)CCC31CCN(C(=O)c2ccnc(F)c2)CC1.O=C(O)C(F)(F)F.O=C(O)C(F)(F)F. The van der Waals surface area contributed by atoms with Crippen LogP contribution in [0.2, 0.25) is 0 Å². The highest BCUT2D eigenvalue weighted by Gasteiger charge is 2.45. The summed E-state index contributed by atoms with van der Waals surface area (Å²) in [7, 11) is 2.03. The van der Waals surface area contributed by atoms with Crippen molar-refractivity contribution in [2.45, 2.75) is 56.5 Å². The van der Waals surface area contributed by atoms with Gasteiger partial charge in [0.1, 0.15) is 5.82 Å². The van der Waals surface area contributed by atoms with Crippen LogP contribution in [0.1, 0.15) is 46.7 Å². The third-order valence-corrected chi connectivity index (χ3v) is 7.26. The molecule has 5 rings (SSSR count). The molecule has 0 unspecified atom stereocenters. The molecule has 11 nitrogen and oxygen atoms in total. The van der Waals surface area contributed by atoms with Crippen molar-refractivity contribution in [3.63, 3.8) is 0 Å². The second-order valence-electron chi connectivity index (χ2n) is 10.1. The van der Waals surface area contributed by atoms with Gasteiger partial charge < -0.3 is 20.0 Å². The van der Waals surface area contributed by atoms with Gasteiger partial charge in [-0.05, 0) is 32.4 Å². The van der Waals surface area contributed by atoms with Crippen molar-refractivity contribution >= 4 is 17.8 Å². The lowest BCUT2D eigenvalue weighted by Crippen LogP contribution is -2.45. The molecule has 1 amide bonds. The molecule has 0 aliphatic carbocycles. The molecule has 2 N–H and O–H groups in total. The van der Waals surface area contributed by atoms with E-state index in [2.05, 4.69) is 9.88 Å². The number of hydrogen-bond donors (Lipinski definition) is 2. The zero-order chi connectivity index (χ0) is 32.3.